The fourth-order valence-corrected chi connectivity index (χ4v) is 1.99. The van der Waals surface area contributed by atoms with Gasteiger partial charge in [0.2, 0.25) is 5.91 Å². The molecule has 0 aliphatic rings. The molecule has 2 aromatic carbocycles. The fourth-order valence-electron chi connectivity index (χ4n) is 1.99. The Bertz CT molecular complexity index is 681. The topological polar surface area (TPSA) is 67.4 Å². The van der Waals surface area contributed by atoms with Crippen molar-refractivity contribution < 1.29 is 14.3 Å². The molecule has 2 N–H and O–H groups in total. The quantitative estimate of drug-likeness (QED) is 0.855. The van der Waals surface area contributed by atoms with Crippen LogP contribution in [0, 0.1) is 0 Å². The lowest BCUT2D eigenvalue weighted by atomic mass is 10.1. The lowest BCUT2D eigenvalue weighted by Crippen LogP contribution is -2.13. The predicted octanol–water partition coefficient (Wildman–Crippen LogP) is 3.69. The van der Waals surface area contributed by atoms with Crippen LogP contribution in [-0.2, 0) is 4.79 Å². The van der Waals surface area contributed by atoms with Gasteiger partial charge in [-0.3, -0.25) is 9.59 Å². The van der Waals surface area contributed by atoms with E-state index in [4.69, 9.17) is 4.74 Å². The molecule has 0 aliphatic heterocycles. The van der Waals surface area contributed by atoms with E-state index in [2.05, 4.69) is 10.6 Å². The largest absolute Gasteiger partial charge is 0.494 e. The van der Waals surface area contributed by atoms with Crippen molar-refractivity contribution in [1.82, 2.24) is 0 Å². The van der Waals surface area contributed by atoms with Crippen LogP contribution in [0.5, 0.6) is 5.75 Å². The standard InChI is InChI=1S/C18H20N2O3/c1-3-17(21)19-15-7-5-6-13(12-15)18(22)20-14-8-10-16(11-9-14)23-4-2/h5-12H,3-4H2,1-2H3,(H,19,21)(H,20,22). The highest BCUT2D eigenvalue weighted by Gasteiger charge is 2.08. The van der Waals surface area contributed by atoms with Gasteiger partial charge >= 0.3 is 0 Å². The number of benzene rings is 2. The first-order valence-corrected chi connectivity index (χ1v) is 7.56. The van der Waals surface area contributed by atoms with Gasteiger partial charge in [-0.1, -0.05) is 13.0 Å². The minimum Gasteiger partial charge on any atom is -0.494 e. The Labute approximate surface area is 135 Å². The normalized spacial score (nSPS) is 10.0. The van der Waals surface area contributed by atoms with Gasteiger partial charge in [0.1, 0.15) is 5.75 Å². The lowest BCUT2D eigenvalue weighted by Gasteiger charge is -2.09. The maximum absolute atomic E-state index is 12.3. The van der Waals surface area contributed by atoms with Crippen molar-refractivity contribution in [3.63, 3.8) is 0 Å². The number of hydrogen-bond acceptors (Lipinski definition) is 3. The summed E-state index contributed by atoms with van der Waals surface area (Å²) in [5.41, 5.74) is 1.77. The van der Waals surface area contributed by atoms with Crippen LogP contribution in [0.25, 0.3) is 0 Å². The molecule has 0 saturated heterocycles. The number of rotatable bonds is 6. The second-order valence-electron chi connectivity index (χ2n) is 4.89. The third-order valence-corrected chi connectivity index (χ3v) is 3.15. The smallest absolute Gasteiger partial charge is 0.255 e. The molecule has 0 aromatic heterocycles. The molecule has 0 aliphatic carbocycles. The van der Waals surface area contributed by atoms with Crippen LogP contribution in [0.4, 0.5) is 11.4 Å². The van der Waals surface area contributed by atoms with E-state index in [1.807, 2.05) is 6.92 Å². The Morgan fingerprint density at radius 3 is 2.35 bits per heavy atom. The number of ether oxygens (including phenoxy) is 1. The van der Waals surface area contributed by atoms with Crippen LogP contribution in [0.2, 0.25) is 0 Å². The van der Waals surface area contributed by atoms with E-state index in [1.165, 1.54) is 0 Å². The zero-order valence-corrected chi connectivity index (χ0v) is 13.3. The molecule has 2 aromatic rings. The zero-order chi connectivity index (χ0) is 16.7. The van der Waals surface area contributed by atoms with Gasteiger partial charge in [0, 0.05) is 23.4 Å². The van der Waals surface area contributed by atoms with Crippen molar-refractivity contribution in [3.8, 4) is 5.75 Å². The highest BCUT2D eigenvalue weighted by Crippen LogP contribution is 2.17. The van der Waals surface area contributed by atoms with Crippen LogP contribution in [0.15, 0.2) is 48.5 Å². The number of hydrogen-bond donors (Lipinski definition) is 2. The first-order valence-electron chi connectivity index (χ1n) is 7.56. The SMILES string of the molecule is CCOc1ccc(NC(=O)c2cccc(NC(=O)CC)c2)cc1. The van der Waals surface area contributed by atoms with Crippen molar-refractivity contribution in [2.24, 2.45) is 0 Å². The van der Waals surface area contributed by atoms with Gasteiger partial charge in [-0.15, -0.1) is 0 Å². The summed E-state index contributed by atoms with van der Waals surface area (Å²) >= 11 is 0. The zero-order valence-electron chi connectivity index (χ0n) is 13.3. The van der Waals surface area contributed by atoms with E-state index in [1.54, 1.807) is 55.5 Å². The minimum absolute atomic E-state index is 0.0888. The molecule has 2 rings (SSSR count). The second kappa shape index (κ2) is 7.98. The summed E-state index contributed by atoms with van der Waals surface area (Å²) in [6.45, 7) is 4.29. The van der Waals surface area contributed by atoms with E-state index >= 15 is 0 Å². The van der Waals surface area contributed by atoms with Crippen molar-refractivity contribution in [2.45, 2.75) is 20.3 Å². The van der Waals surface area contributed by atoms with Gasteiger partial charge in [-0.05, 0) is 49.4 Å². The van der Waals surface area contributed by atoms with Gasteiger partial charge in [0.25, 0.3) is 5.91 Å². The summed E-state index contributed by atoms with van der Waals surface area (Å²) in [6.07, 6.45) is 0.391. The van der Waals surface area contributed by atoms with Crippen LogP contribution in [-0.4, -0.2) is 18.4 Å². The number of anilines is 2. The van der Waals surface area contributed by atoms with Crippen molar-refractivity contribution >= 4 is 23.2 Å². The molecule has 23 heavy (non-hydrogen) atoms. The summed E-state index contributed by atoms with van der Waals surface area (Å²) in [5, 5.41) is 5.55. The van der Waals surface area contributed by atoms with E-state index in [0.717, 1.165) is 5.75 Å². The Balaban J connectivity index is 2.05. The Kier molecular flexibility index (Phi) is 5.74. The third-order valence-electron chi connectivity index (χ3n) is 3.15. The van der Waals surface area contributed by atoms with Crippen molar-refractivity contribution in [2.75, 3.05) is 17.2 Å². The van der Waals surface area contributed by atoms with Gasteiger partial charge < -0.3 is 15.4 Å². The molecule has 0 saturated carbocycles. The van der Waals surface area contributed by atoms with Crippen molar-refractivity contribution in [1.29, 1.82) is 0 Å². The van der Waals surface area contributed by atoms with E-state index in [9.17, 15) is 9.59 Å². The first kappa shape index (κ1) is 16.5. The number of amides is 2. The molecule has 2 amide bonds. The van der Waals surface area contributed by atoms with Crippen LogP contribution in [0.1, 0.15) is 30.6 Å². The fraction of sp³-hybridized carbons (Fsp3) is 0.222. The highest BCUT2D eigenvalue weighted by molar-refractivity contribution is 6.05. The molecule has 5 heteroatoms. The van der Waals surface area contributed by atoms with Crippen molar-refractivity contribution in [3.05, 3.63) is 54.1 Å². The average molecular weight is 312 g/mol. The molecule has 0 heterocycles. The monoisotopic (exact) mass is 312 g/mol. The minimum atomic E-state index is -0.234. The van der Waals surface area contributed by atoms with Gasteiger partial charge in [0.15, 0.2) is 0 Å². The summed E-state index contributed by atoms with van der Waals surface area (Å²) < 4.78 is 5.36. The molecule has 0 unspecified atom stereocenters. The Morgan fingerprint density at radius 1 is 0.957 bits per heavy atom. The van der Waals surface area contributed by atoms with Gasteiger partial charge in [0.05, 0.1) is 6.61 Å². The Hall–Kier alpha value is -2.82. The number of carbonyl (C=O) groups excluding carboxylic acids is 2. The average Bonchev–Trinajstić information content (AvgIpc) is 2.57. The summed E-state index contributed by atoms with van der Waals surface area (Å²) in [6, 6.07) is 14.0. The molecular formula is C18H20N2O3. The molecule has 0 radical (unpaired) electrons. The van der Waals surface area contributed by atoms with E-state index < -0.39 is 0 Å². The molecule has 5 nitrogen and oxygen atoms in total. The van der Waals surface area contributed by atoms with Crippen LogP contribution >= 0.6 is 0 Å². The third kappa shape index (κ3) is 4.85. The molecule has 0 bridgehead atoms. The maximum atomic E-state index is 12.3. The molecular weight excluding hydrogens is 292 g/mol. The lowest BCUT2D eigenvalue weighted by molar-refractivity contribution is -0.115. The number of carbonyl (C=O) groups is 2. The molecule has 0 fully saturated rings. The highest BCUT2D eigenvalue weighted by atomic mass is 16.5. The van der Waals surface area contributed by atoms with E-state index in [-0.39, 0.29) is 11.8 Å². The molecule has 120 valence electrons. The molecule has 0 spiro atoms. The summed E-state index contributed by atoms with van der Waals surface area (Å²) in [4.78, 5) is 23.7. The molecule has 0 atom stereocenters. The second-order valence-corrected chi connectivity index (χ2v) is 4.89. The first-order chi connectivity index (χ1) is 11.1. The van der Waals surface area contributed by atoms with Gasteiger partial charge in [-0.2, -0.15) is 0 Å². The Morgan fingerprint density at radius 2 is 1.70 bits per heavy atom. The summed E-state index contributed by atoms with van der Waals surface area (Å²) in [5.74, 6) is 0.436. The summed E-state index contributed by atoms with van der Waals surface area (Å²) in [7, 11) is 0. The number of nitrogens with one attached hydrogen (secondary N) is 2. The van der Waals surface area contributed by atoms with Crippen LogP contribution in [0.3, 0.4) is 0 Å². The maximum Gasteiger partial charge on any atom is 0.255 e. The van der Waals surface area contributed by atoms with Gasteiger partial charge in [-0.25, -0.2) is 0 Å². The predicted molar refractivity (Wildman–Crippen MR) is 90.9 cm³/mol. The van der Waals surface area contributed by atoms with Crippen LogP contribution < -0.4 is 15.4 Å². The van der Waals surface area contributed by atoms with E-state index in [0.29, 0.717) is 30.0 Å².